The molecular formula is C12H21NO3. The van der Waals surface area contributed by atoms with Gasteiger partial charge in [0.05, 0.1) is 5.92 Å². The molecule has 0 saturated heterocycles. The number of carbonyl (C=O) groups excluding carboxylic acids is 1. The lowest BCUT2D eigenvalue weighted by molar-refractivity contribution is -0.145. The highest BCUT2D eigenvalue weighted by Crippen LogP contribution is 2.42. The van der Waals surface area contributed by atoms with Crippen molar-refractivity contribution in [1.82, 2.24) is 0 Å². The lowest BCUT2D eigenvalue weighted by Crippen LogP contribution is -2.39. The summed E-state index contributed by atoms with van der Waals surface area (Å²) >= 11 is 0. The zero-order valence-corrected chi connectivity index (χ0v) is 10.2. The van der Waals surface area contributed by atoms with E-state index in [1.165, 1.54) is 0 Å². The zero-order valence-electron chi connectivity index (χ0n) is 10.2. The normalized spacial score (nSPS) is 31.1. The summed E-state index contributed by atoms with van der Waals surface area (Å²) in [6.45, 7) is 6.25. The Kier molecular flexibility index (Phi) is 3.61. The van der Waals surface area contributed by atoms with Crippen molar-refractivity contribution in [2.45, 2.75) is 40.0 Å². The number of nitrogens with two attached hydrogens (primary N) is 1. The van der Waals surface area contributed by atoms with Crippen molar-refractivity contribution >= 4 is 11.9 Å². The Bertz CT molecular complexity index is 271. The van der Waals surface area contributed by atoms with Crippen molar-refractivity contribution in [2.75, 3.05) is 0 Å². The topological polar surface area (TPSA) is 80.4 Å². The van der Waals surface area contributed by atoms with E-state index in [2.05, 4.69) is 20.8 Å². The molecule has 4 heteroatoms. The van der Waals surface area contributed by atoms with E-state index in [0.717, 1.165) is 6.42 Å². The molecule has 0 aromatic heterocycles. The predicted molar refractivity (Wildman–Crippen MR) is 60.6 cm³/mol. The van der Waals surface area contributed by atoms with E-state index in [9.17, 15) is 9.59 Å². The highest BCUT2D eigenvalue weighted by molar-refractivity contribution is 5.78. The fraction of sp³-hybridized carbons (Fsp3) is 0.833. The third kappa shape index (κ3) is 2.97. The van der Waals surface area contributed by atoms with Crippen LogP contribution in [-0.2, 0) is 9.59 Å². The van der Waals surface area contributed by atoms with Gasteiger partial charge >= 0.3 is 5.97 Å². The van der Waals surface area contributed by atoms with Gasteiger partial charge in [-0.3, -0.25) is 9.59 Å². The van der Waals surface area contributed by atoms with Gasteiger partial charge in [-0.25, -0.2) is 0 Å². The average Bonchev–Trinajstić information content (AvgIpc) is 2.15. The van der Waals surface area contributed by atoms with Crippen LogP contribution in [0.3, 0.4) is 0 Å². The molecule has 0 spiro atoms. The van der Waals surface area contributed by atoms with Crippen LogP contribution in [0.5, 0.6) is 0 Å². The van der Waals surface area contributed by atoms with Crippen molar-refractivity contribution in [3.05, 3.63) is 0 Å². The summed E-state index contributed by atoms with van der Waals surface area (Å²) in [6.07, 6.45) is 1.78. The molecule has 0 aliphatic heterocycles. The van der Waals surface area contributed by atoms with Gasteiger partial charge in [-0.2, -0.15) is 0 Å². The molecule has 1 aliphatic rings. The molecule has 1 rings (SSSR count). The molecule has 1 amide bonds. The molecule has 16 heavy (non-hydrogen) atoms. The second kappa shape index (κ2) is 4.44. The molecule has 92 valence electrons. The molecule has 1 fully saturated rings. The number of hydrogen-bond acceptors (Lipinski definition) is 2. The van der Waals surface area contributed by atoms with Gasteiger partial charge in [0.15, 0.2) is 0 Å². The molecule has 0 unspecified atom stereocenters. The summed E-state index contributed by atoms with van der Waals surface area (Å²) in [5.41, 5.74) is 5.33. The van der Waals surface area contributed by atoms with Crippen LogP contribution < -0.4 is 5.73 Å². The Labute approximate surface area is 96.2 Å². The third-order valence-corrected chi connectivity index (χ3v) is 3.68. The SMILES string of the molecule is CC(C)(C)[C@H]1C[C@H](C(N)=O)C[C@H](C(=O)O)C1. The standard InChI is InChI=1S/C12H21NO3/c1-12(2,3)9-5-7(10(13)14)4-8(6-9)11(15)16/h7-9H,4-6H2,1-3H3,(H2,13,14)(H,15,16)/t7-,8+,9+/m1/s1. The molecule has 0 heterocycles. The number of carbonyl (C=O) groups is 2. The van der Waals surface area contributed by atoms with Crippen molar-refractivity contribution in [3.63, 3.8) is 0 Å². The van der Waals surface area contributed by atoms with Crippen molar-refractivity contribution in [1.29, 1.82) is 0 Å². The number of primary amides is 1. The van der Waals surface area contributed by atoms with E-state index in [4.69, 9.17) is 10.8 Å². The van der Waals surface area contributed by atoms with Gasteiger partial charge in [0.1, 0.15) is 0 Å². The average molecular weight is 227 g/mol. The Morgan fingerprint density at radius 2 is 1.62 bits per heavy atom. The van der Waals surface area contributed by atoms with Gasteiger partial charge in [0.2, 0.25) is 5.91 Å². The van der Waals surface area contributed by atoms with Crippen molar-refractivity contribution in [3.8, 4) is 0 Å². The van der Waals surface area contributed by atoms with Gasteiger partial charge in [-0.15, -0.1) is 0 Å². The first-order valence-electron chi connectivity index (χ1n) is 5.74. The highest BCUT2D eigenvalue weighted by Gasteiger charge is 2.39. The van der Waals surface area contributed by atoms with E-state index in [-0.39, 0.29) is 23.2 Å². The van der Waals surface area contributed by atoms with Crippen LogP contribution in [0, 0.1) is 23.2 Å². The second-order valence-corrected chi connectivity index (χ2v) is 5.90. The van der Waals surface area contributed by atoms with Crippen LogP contribution in [0.1, 0.15) is 40.0 Å². The summed E-state index contributed by atoms with van der Waals surface area (Å²) in [5.74, 6) is -1.62. The van der Waals surface area contributed by atoms with Crippen LogP contribution in [0.15, 0.2) is 0 Å². The van der Waals surface area contributed by atoms with Gasteiger partial charge in [-0.05, 0) is 30.6 Å². The minimum absolute atomic E-state index is 0.0296. The molecular weight excluding hydrogens is 206 g/mol. The van der Waals surface area contributed by atoms with Crippen LogP contribution in [-0.4, -0.2) is 17.0 Å². The van der Waals surface area contributed by atoms with Crippen LogP contribution >= 0.6 is 0 Å². The van der Waals surface area contributed by atoms with Gasteiger partial charge in [0, 0.05) is 5.92 Å². The molecule has 1 saturated carbocycles. The number of carboxylic acid groups (broad SMARTS) is 1. The Balaban J connectivity index is 2.82. The largest absolute Gasteiger partial charge is 0.481 e. The van der Waals surface area contributed by atoms with E-state index in [1.807, 2.05) is 0 Å². The first-order valence-corrected chi connectivity index (χ1v) is 5.74. The van der Waals surface area contributed by atoms with E-state index < -0.39 is 11.9 Å². The summed E-state index contributed by atoms with van der Waals surface area (Å²) < 4.78 is 0. The quantitative estimate of drug-likeness (QED) is 0.752. The maximum atomic E-state index is 11.2. The van der Waals surface area contributed by atoms with Crippen LogP contribution in [0.2, 0.25) is 0 Å². The van der Waals surface area contributed by atoms with Crippen molar-refractivity contribution in [2.24, 2.45) is 28.9 Å². The van der Waals surface area contributed by atoms with E-state index in [0.29, 0.717) is 12.8 Å². The Morgan fingerprint density at radius 3 is 2.00 bits per heavy atom. The summed E-state index contributed by atoms with van der Waals surface area (Å²) in [4.78, 5) is 22.3. The summed E-state index contributed by atoms with van der Waals surface area (Å²) in [7, 11) is 0. The Morgan fingerprint density at radius 1 is 1.12 bits per heavy atom. The molecule has 0 aromatic carbocycles. The zero-order chi connectivity index (χ0) is 12.5. The second-order valence-electron chi connectivity index (χ2n) is 5.90. The molecule has 4 nitrogen and oxygen atoms in total. The number of rotatable bonds is 2. The fourth-order valence-electron chi connectivity index (χ4n) is 2.46. The molecule has 0 bridgehead atoms. The van der Waals surface area contributed by atoms with Crippen LogP contribution in [0.4, 0.5) is 0 Å². The number of amides is 1. The minimum atomic E-state index is -0.805. The first kappa shape index (κ1) is 13.0. The maximum absolute atomic E-state index is 11.2. The smallest absolute Gasteiger partial charge is 0.306 e. The number of hydrogen-bond donors (Lipinski definition) is 2. The lowest BCUT2D eigenvalue weighted by atomic mass is 9.65. The summed E-state index contributed by atoms with van der Waals surface area (Å²) in [6, 6.07) is 0. The van der Waals surface area contributed by atoms with E-state index >= 15 is 0 Å². The van der Waals surface area contributed by atoms with Gasteiger partial charge in [0.25, 0.3) is 0 Å². The first-order chi connectivity index (χ1) is 7.21. The third-order valence-electron chi connectivity index (χ3n) is 3.68. The predicted octanol–water partition coefficient (Wildman–Crippen LogP) is 1.63. The van der Waals surface area contributed by atoms with E-state index in [1.54, 1.807) is 0 Å². The molecule has 3 atom stereocenters. The molecule has 0 radical (unpaired) electrons. The Hall–Kier alpha value is -1.06. The highest BCUT2D eigenvalue weighted by atomic mass is 16.4. The minimum Gasteiger partial charge on any atom is -0.481 e. The number of aliphatic carboxylic acids is 1. The monoisotopic (exact) mass is 227 g/mol. The molecule has 1 aliphatic carbocycles. The van der Waals surface area contributed by atoms with Gasteiger partial charge in [-0.1, -0.05) is 20.8 Å². The van der Waals surface area contributed by atoms with Crippen molar-refractivity contribution < 1.29 is 14.7 Å². The lowest BCUT2D eigenvalue weighted by Gasteiger charge is -2.39. The fourth-order valence-corrected chi connectivity index (χ4v) is 2.46. The maximum Gasteiger partial charge on any atom is 0.306 e. The summed E-state index contributed by atoms with van der Waals surface area (Å²) in [5, 5.41) is 9.07. The molecule has 0 aromatic rings. The molecule has 3 N–H and O–H groups in total. The van der Waals surface area contributed by atoms with Gasteiger partial charge < -0.3 is 10.8 Å². The van der Waals surface area contributed by atoms with Crippen LogP contribution in [0.25, 0.3) is 0 Å². The number of carboxylic acids is 1.